The molecule has 180 valence electrons. The first-order valence-corrected chi connectivity index (χ1v) is 12.5. The first-order valence-electron chi connectivity index (χ1n) is 11.7. The Morgan fingerprint density at radius 3 is 2.81 bits per heavy atom. The highest BCUT2D eigenvalue weighted by atomic mass is 32.1. The number of imidazole rings is 1. The van der Waals surface area contributed by atoms with E-state index in [1.807, 2.05) is 31.2 Å². The van der Waals surface area contributed by atoms with Crippen LogP contribution in [0.2, 0.25) is 0 Å². The van der Waals surface area contributed by atoms with Crippen LogP contribution in [-0.2, 0) is 0 Å². The van der Waals surface area contributed by atoms with Gasteiger partial charge in [-0.1, -0.05) is 26.2 Å². The number of fused-ring (bicyclic) bond motifs is 1. The van der Waals surface area contributed by atoms with Gasteiger partial charge in [0, 0.05) is 44.2 Å². The number of pyridine rings is 2. The molecule has 0 unspecified atom stereocenters. The van der Waals surface area contributed by atoms with Crippen molar-refractivity contribution in [3.8, 4) is 22.0 Å². The lowest BCUT2D eigenvalue weighted by Gasteiger charge is -2.08. The maximum absolute atomic E-state index is 4.78. The highest BCUT2D eigenvalue weighted by Gasteiger charge is 2.15. The third-order valence-electron chi connectivity index (χ3n) is 5.92. The van der Waals surface area contributed by atoms with Gasteiger partial charge in [0.1, 0.15) is 5.69 Å². The van der Waals surface area contributed by atoms with Gasteiger partial charge in [0.05, 0.1) is 22.8 Å². The molecule has 0 aliphatic rings. The first kappa shape index (κ1) is 23.4. The molecule has 3 N–H and O–H groups in total. The average Bonchev–Trinajstić information content (AvgIpc) is 3.61. The summed E-state index contributed by atoms with van der Waals surface area (Å²) in [4.78, 5) is 19.5. The lowest BCUT2D eigenvalue weighted by molar-refractivity contribution is 1.05. The fourth-order valence-electron chi connectivity index (χ4n) is 3.95. The molecule has 8 heteroatoms. The molecule has 0 aliphatic carbocycles. The monoisotopic (exact) mass is 493 g/mol. The maximum Gasteiger partial charge on any atom is 0.178 e. The second-order valence-electron chi connectivity index (χ2n) is 8.46. The number of nitrogens with zero attached hydrogens (tertiary/aromatic N) is 4. The number of allylic oxidation sites excluding steroid dienone is 2. The Bertz CT molecular complexity index is 1720. The van der Waals surface area contributed by atoms with Crippen LogP contribution in [0.5, 0.6) is 0 Å². The van der Waals surface area contributed by atoms with Crippen LogP contribution >= 0.6 is 11.3 Å². The summed E-state index contributed by atoms with van der Waals surface area (Å²) in [5.41, 5.74) is 6.85. The van der Waals surface area contributed by atoms with Crippen molar-refractivity contribution in [2.24, 2.45) is 0 Å². The molecule has 5 rings (SSSR count). The van der Waals surface area contributed by atoms with Crippen molar-refractivity contribution < 1.29 is 0 Å². The molecule has 0 spiro atoms. The van der Waals surface area contributed by atoms with Crippen LogP contribution in [0.25, 0.3) is 50.8 Å². The van der Waals surface area contributed by atoms with Crippen LogP contribution in [0.4, 0.5) is 5.69 Å². The molecule has 0 fully saturated rings. The minimum Gasteiger partial charge on any atom is -0.358 e. The molecule has 0 atom stereocenters. The van der Waals surface area contributed by atoms with Crippen molar-refractivity contribution in [2.45, 2.75) is 27.2 Å². The molecule has 0 saturated heterocycles. The summed E-state index contributed by atoms with van der Waals surface area (Å²) < 4.78 is 0. The van der Waals surface area contributed by atoms with E-state index in [1.165, 1.54) is 9.75 Å². The molecule has 0 bridgehead atoms. The van der Waals surface area contributed by atoms with Crippen molar-refractivity contribution in [1.29, 1.82) is 0 Å². The molecule has 7 nitrogen and oxygen atoms in total. The smallest absolute Gasteiger partial charge is 0.178 e. The van der Waals surface area contributed by atoms with Crippen LogP contribution in [0.1, 0.15) is 30.7 Å². The normalized spacial score (nSPS) is 12.4. The number of aromatic nitrogens is 6. The minimum atomic E-state index is 0.648. The van der Waals surface area contributed by atoms with Gasteiger partial charge in [0.2, 0.25) is 0 Å². The van der Waals surface area contributed by atoms with Crippen LogP contribution in [0.3, 0.4) is 0 Å². The molecule has 0 aromatic carbocycles. The molecule has 0 amide bonds. The Morgan fingerprint density at radius 2 is 2.06 bits per heavy atom. The molecular weight excluding hydrogens is 466 g/mol. The van der Waals surface area contributed by atoms with Crippen molar-refractivity contribution >= 4 is 45.9 Å². The predicted molar refractivity (Wildman–Crippen MR) is 150 cm³/mol. The molecule has 5 aromatic rings. The van der Waals surface area contributed by atoms with E-state index < -0.39 is 0 Å². The molecular formula is C28H27N7S. The number of anilines is 1. The Hall–Kier alpha value is -4.30. The third-order valence-corrected chi connectivity index (χ3v) is 6.95. The van der Waals surface area contributed by atoms with Gasteiger partial charge in [0.15, 0.2) is 11.5 Å². The second kappa shape index (κ2) is 9.75. The number of aromatic amines is 2. The van der Waals surface area contributed by atoms with Crippen LogP contribution < -0.4 is 15.9 Å². The first-order chi connectivity index (χ1) is 17.5. The standard InChI is InChI=1S/C28H27N7S/c1-6-17(4)31-20-13-19(14-29-15-20)16(3)12-22-23(7-2)34-35-26(22)28-32-25-21(10-11-30-27(25)33-28)24-9-8-18(5)36-24/h7-15,31,34H,3-4,6H2,1-2,5H3,(H,30,32,33)/b22-12+,23-7+. The fraction of sp³-hybridized carbons (Fsp3) is 0.143. The quantitative estimate of drug-likeness (QED) is 0.282. The number of H-pyrrole nitrogens is 2. The highest BCUT2D eigenvalue weighted by molar-refractivity contribution is 7.15. The Kier molecular flexibility index (Phi) is 6.35. The number of aryl methyl sites for hydroxylation is 1. The van der Waals surface area contributed by atoms with Crippen LogP contribution in [-0.4, -0.2) is 30.1 Å². The lowest BCUT2D eigenvalue weighted by atomic mass is 10.1. The van der Waals surface area contributed by atoms with E-state index in [1.54, 1.807) is 29.9 Å². The van der Waals surface area contributed by atoms with Gasteiger partial charge in [-0.25, -0.2) is 9.97 Å². The zero-order valence-electron chi connectivity index (χ0n) is 20.5. The summed E-state index contributed by atoms with van der Waals surface area (Å²) >= 11 is 1.75. The van der Waals surface area contributed by atoms with Gasteiger partial charge in [-0.05, 0) is 56.2 Å². The summed E-state index contributed by atoms with van der Waals surface area (Å²) in [6.07, 6.45) is 10.2. The lowest BCUT2D eigenvalue weighted by Crippen LogP contribution is -2.23. The number of rotatable bonds is 7. The Balaban J connectivity index is 1.58. The van der Waals surface area contributed by atoms with Gasteiger partial charge in [-0.2, -0.15) is 5.10 Å². The van der Waals surface area contributed by atoms with Crippen molar-refractivity contribution in [2.75, 3.05) is 5.32 Å². The molecule has 5 heterocycles. The highest BCUT2D eigenvalue weighted by Crippen LogP contribution is 2.32. The topological polar surface area (TPSA) is 95.2 Å². The van der Waals surface area contributed by atoms with E-state index in [0.29, 0.717) is 17.2 Å². The molecule has 0 radical (unpaired) electrons. The number of thiophene rings is 1. The van der Waals surface area contributed by atoms with E-state index in [-0.39, 0.29) is 0 Å². The molecule has 5 aromatic heterocycles. The van der Waals surface area contributed by atoms with E-state index in [2.05, 4.69) is 69.6 Å². The van der Waals surface area contributed by atoms with Crippen LogP contribution in [0.15, 0.2) is 61.7 Å². The largest absolute Gasteiger partial charge is 0.358 e. The zero-order valence-corrected chi connectivity index (χ0v) is 21.3. The molecule has 0 saturated carbocycles. The maximum atomic E-state index is 4.78. The van der Waals surface area contributed by atoms with Crippen molar-refractivity contribution in [3.63, 3.8) is 0 Å². The minimum absolute atomic E-state index is 0.648. The summed E-state index contributed by atoms with van der Waals surface area (Å²) in [7, 11) is 0. The Labute approximate surface area is 213 Å². The van der Waals surface area contributed by atoms with E-state index in [9.17, 15) is 0 Å². The van der Waals surface area contributed by atoms with Gasteiger partial charge in [-0.15, -0.1) is 11.3 Å². The number of hydrogen-bond acceptors (Lipinski definition) is 6. The number of nitrogens with one attached hydrogen (secondary N) is 3. The second-order valence-corrected chi connectivity index (χ2v) is 9.74. The van der Waals surface area contributed by atoms with Gasteiger partial charge < -0.3 is 10.3 Å². The predicted octanol–water partition coefficient (Wildman–Crippen LogP) is 5.41. The zero-order chi connectivity index (χ0) is 25.2. The van der Waals surface area contributed by atoms with E-state index in [4.69, 9.17) is 4.98 Å². The van der Waals surface area contributed by atoms with E-state index >= 15 is 0 Å². The summed E-state index contributed by atoms with van der Waals surface area (Å²) in [5, 5.41) is 12.8. The SMILES string of the molecule is C=C(CC)Nc1cncc(C(=C)/C=c2/c(-c3nc4nccc(-c5ccc(C)s5)c4[nH]3)n[nH]/c2=C/C)c1. The van der Waals surface area contributed by atoms with Gasteiger partial charge >= 0.3 is 0 Å². The van der Waals surface area contributed by atoms with Crippen LogP contribution in [0, 0.1) is 6.92 Å². The van der Waals surface area contributed by atoms with E-state index in [0.717, 1.165) is 50.6 Å². The fourth-order valence-corrected chi connectivity index (χ4v) is 4.85. The van der Waals surface area contributed by atoms with Crippen molar-refractivity contribution in [1.82, 2.24) is 30.1 Å². The summed E-state index contributed by atoms with van der Waals surface area (Å²) in [6, 6.07) is 8.28. The van der Waals surface area contributed by atoms with Gasteiger partial charge in [0.25, 0.3) is 0 Å². The Morgan fingerprint density at radius 1 is 1.19 bits per heavy atom. The molecule has 0 aliphatic heterocycles. The summed E-state index contributed by atoms with van der Waals surface area (Å²) in [5.74, 6) is 0.648. The van der Waals surface area contributed by atoms with Gasteiger partial charge in [-0.3, -0.25) is 10.1 Å². The van der Waals surface area contributed by atoms with Crippen molar-refractivity contribution in [3.05, 3.63) is 82.7 Å². The number of hydrogen-bond donors (Lipinski definition) is 3. The summed E-state index contributed by atoms with van der Waals surface area (Å²) in [6.45, 7) is 14.5. The average molecular weight is 494 g/mol. The molecule has 36 heavy (non-hydrogen) atoms. The third kappa shape index (κ3) is 4.50.